The van der Waals surface area contributed by atoms with Crippen molar-refractivity contribution in [3.05, 3.63) is 6.92 Å². The fraction of sp³-hybridized carbons (Fsp3) is 0.600. The van der Waals surface area contributed by atoms with E-state index in [4.69, 9.17) is 10.5 Å². The Bertz CT molecular complexity index is 111. The van der Waals surface area contributed by atoms with Crippen molar-refractivity contribution in [3.8, 4) is 0 Å². The average Bonchev–Trinajstić information content (AvgIpc) is 2.14. The van der Waals surface area contributed by atoms with Crippen molar-refractivity contribution >= 4 is 6.02 Å². The number of hydrogen-bond donors (Lipinski definition) is 1. The largest absolute Gasteiger partial charge is 0.463 e. The van der Waals surface area contributed by atoms with E-state index in [1.807, 2.05) is 0 Å². The first-order valence-electron chi connectivity index (χ1n) is 2.58. The Kier molecular flexibility index (Phi) is 1.37. The number of nitrogens with two attached hydrogens (primary N) is 1. The molecule has 0 saturated carbocycles. The normalized spacial score (nSPS) is 27.1. The summed E-state index contributed by atoms with van der Waals surface area (Å²) in [6.45, 7) is 4.27. The molecular formula is C5H9N2O. The highest BCUT2D eigenvalue weighted by Gasteiger charge is 2.12. The lowest BCUT2D eigenvalue weighted by Crippen LogP contribution is -2.10. The molecule has 0 aromatic heterocycles. The fourth-order valence-corrected chi connectivity index (χ4v) is 0.584. The van der Waals surface area contributed by atoms with Crippen LogP contribution in [0.15, 0.2) is 4.99 Å². The van der Waals surface area contributed by atoms with Crippen molar-refractivity contribution in [2.75, 3.05) is 6.61 Å². The molecule has 0 aromatic rings. The molecule has 1 atom stereocenters. The van der Waals surface area contributed by atoms with Gasteiger partial charge in [-0.3, -0.25) is 0 Å². The van der Waals surface area contributed by atoms with Crippen LogP contribution in [-0.4, -0.2) is 18.7 Å². The summed E-state index contributed by atoms with van der Waals surface area (Å²) in [5.74, 6) is 0. The van der Waals surface area contributed by atoms with Gasteiger partial charge in [-0.1, -0.05) is 6.92 Å². The summed E-state index contributed by atoms with van der Waals surface area (Å²) in [6.07, 6.45) is 0.765. The molecule has 0 fully saturated rings. The molecule has 1 aliphatic rings. The second kappa shape index (κ2) is 2.03. The second-order valence-corrected chi connectivity index (χ2v) is 1.72. The van der Waals surface area contributed by atoms with Gasteiger partial charge in [-0.05, 0) is 6.42 Å². The number of rotatable bonds is 1. The molecular weight excluding hydrogens is 104 g/mol. The highest BCUT2D eigenvalue weighted by molar-refractivity contribution is 5.72. The maximum Gasteiger partial charge on any atom is 0.282 e. The number of hydrogen-bond acceptors (Lipinski definition) is 3. The molecule has 1 rings (SSSR count). The number of amidine groups is 1. The lowest BCUT2D eigenvalue weighted by Gasteiger charge is -1.95. The zero-order valence-electron chi connectivity index (χ0n) is 4.63. The van der Waals surface area contributed by atoms with Crippen molar-refractivity contribution in [2.24, 2.45) is 10.7 Å². The summed E-state index contributed by atoms with van der Waals surface area (Å²) < 4.78 is 4.84. The summed E-state index contributed by atoms with van der Waals surface area (Å²) in [6, 6.07) is 0.508. The molecule has 0 aromatic carbocycles. The molecule has 1 radical (unpaired) electrons. The minimum atomic E-state index is 0.204. The summed E-state index contributed by atoms with van der Waals surface area (Å²) in [5.41, 5.74) is 5.20. The van der Waals surface area contributed by atoms with E-state index in [-0.39, 0.29) is 6.04 Å². The molecule has 0 amide bonds. The maximum atomic E-state index is 5.20. The van der Waals surface area contributed by atoms with E-state index >= 15 is 0 Å². The van der Waals surface area contributed by atoms with Gasteiger partial charge in [0.25, 0.3) is 6.02 Å². The van der Waals surface area contributed by atoms with Gasteiger partial charge >= 0.3 is 0 Å². The van der Waals surface area contributed by atoms with Gasteiger partial charge in [0, 0.05) is 0 Å². The molecule has 3 nitrogen and oxygen atoms in total. The van der Waals surface area contributed by atoms with Crippen LogP contribution < -0.4 is 5.73 Å². The van der Waals surface area contributed by atoms with Crippen molar-refractivity contribution in [2.45, 2.75) is 12.5 Å². The Hall–Kier alpha value is -0.730. The first-order chi connectivity index (χ1) is 3.83. The van der Waals surface area contributed by atoms with E-state index in [1.54, 1.807) is 0 Å². The van der Waals surface area contributed by atoms with Crippen LogP contribution in [0.25, 0.3) is 0 Å². The molecule has 1 unspecified atom stereocenters. The van der Waals surface area contributed by atoms with E-state index in [9.17, 15) is 0 Å². The van der Waals surface area contributed by atoms with Crippen molar-refractivity contribution in [3.63, 3.8) is 0 Å². The van der Waals surface area contributed by atoms with Gasteiger partial charge in [-0.25, -0.2) is 4.99 Å². The Balaban J connectivity index is 2.41. The lowest BCUT2D eigenvalue weighted by molar-refractivity contribution is 0.313. The van der Waals surface area contributed by atoms with Gasteiger partial charge in [0.05, 0.1) is 6.04 Å². The Morgan fingerprint density at radius 2 is 2.75 bits per heavy atom. The molecule has 0 spiro atoms. The van der Waals surface area contributed by atoms with Gasteiger partial charge in [0.1, 0.15) is 6.61 Å². The highest BCUT2D eigenvalue weighted by Crippen LogP contribution is 2.03. The first kappa shape index (κ1) is 5.41. The third kappa shape index (κ3) is 0.911. The maximum absolute atomic E-state index is 5.20. The molecule has 2 N–H and O–H groups in total. The Labute approximate surface area is 48.5 Å². The summed E-state index contributed by atoms with van der Waals surface area (Å²) in [5, 5.41) is 0. The van der Waals surface area contributed by atoms with Crippen molar-refractivity contribution < 1.29 is 4.74 Å². The third-order valence-corrected chi connectivity index (χ3v) is 1.07. The van der Waals surface area contributed by atoms with E-state index in [2.05, 4.69) is 11.9 Å². The monoisotopic (exact) mass is 113 g/mol. The molecule has 0 aliphatic carbocycles. The van der Waals surface area contributed by atoms with Gasteiger partial charge in [-0.15, -0.1) is 0 Å². The lowest BCUT2D eigenvalue weighted by atomic mass is 10.3. The standard InChI is InChI=1S/C5H9N2O/c1-2-4-3-8-5(6)7-4/h4H,1-3H2,(H2,6,7). The Morgan fingerprint density at radius 3 is 3.00 bits per heavy atom. The van der Waals surface area contributed by atoms with Crippen LogP contribution in [0.2, 0.25) is 0 Å². The minimum absolute atomic E-state index is 0.204. The first-order valence-corrected chi connectivity index (χ1v) is 2.58. The van der Waals surface area contributed by atoms with E-state index < -0.39 is 0 Å². The summed E-state index contributed by atoms with van der Waals surface area (Å²) in [7, 11) is 0. The number of ether oxygens (including phenoxy) is 1. The summed E-state index contributed by atoms with van der Waals surface area (Å²) >= 11 is 0. The van der Waals surface area contributed by atoms with Crippen LogP contribution in [0.5, 0.6) is 0 Å². The number of aliphatic imine (C=N–C) groups is 1. The predicted molar refractivity (Wildman–Crippen MR) is 31.3 cm³/mol. The zero-order valence-corrected chi connectivity index (χ0v) is 4.63. The van der Waals surface area contributed by atoms with Crippen LogP contribution in [-0.2, 0) is 4.74 Å². The predicted octanol–water partition coefficient (Wildman–Crippen LogP) is -0.0759. The highest BCUT2D eigenvalue weighted by atomic mass is 16.5. The molecule has 8 heavy (non-hydrogen) atoms. The molecule has 0 saturated heterocycles. The smallest absolute Gasteiger partial charge is 0.282 e. The van der Waals surface area contributed by atoms with Gasteiger partial charge in [0.2, 0.25) is 0 Å². The van der Waals surface area contributed by atoms with Crippen molar-refractivity contribution in [1.82, 2.24) is 0 Å². The number of nitrogens with zero attached hydrogens (tertiary/aromatic N) is 1. The van der Waals surface area contributed by atoms with E-state index in [0.29, 0.717) is 12.6 Å². The zero-order chi connectivity index (χ0) is 5.98. The Morgan fingerprint density at radius 1 is 2.00 bits per heavy atom. The fourth-order valence-electron chi connectivity index (χ4n) is 0.584. The molecule has 3 heteroatoms. The van der Waals surface area contributed by atoms with Crippen LogP contribution in [0.1, 0.15) is 6.42 Å². The van der Waals surface area contributed by atoms with Crippen LogP contribution >= 0.6 is 0 Å². The SMILES string of the molecule is [CH2]CC1COC(N)=N1. The second-order valence-electron chi connectivity index (χ2n) is 1.72. The van der Waals surface area contributed by atoms with Gasteiger partial charge in [-0.2, -0.15) is 0 Å². The minimum Gasteiger partial charge on any atom is -0.463 e. The molecule has 45 valence electrons. The summed E-state index contributed by atoms with van der Waals surface area (Å²) in [4.78, 5) is 3.92. The van der Waals surface area contributed by atoms with Crippen LogP contribution in [0.4, 0.5) is 0 Å². The van der Waals surface area contributed by atoms with Crippen LogP contribution in [0.3, 0.4) is 0 Å². The van der Waals surface area contributed by atoms with Gasteiger partial charge < -0.3 is 10.5 Å². The topological polar surface area (TPSA) is 47.6 Å². The average molecular weight is 113 g/mol. The molecule has 1 aliphatic heterocycles. The quantitative estimate of drug-likeness (QED) is 0.517. The third-order valence-electron chi connectivity index (χ3n) is 1.07. The van der Waals surface area contributed by atoms with Gasteiger partial charge in [0.15, 0.2) is 0 Å². The molecule has 1 heterocycles. The van der Waals surface area contributed by atoms with Crippen LogP contribution in [0, 0.1) is 6.92 Å². The van der Waals surface area contributed by atoms with E-state index in [1.165, 1.54) is 0 Å². The van der Waals surface area contributed by atoms with E-state index in [0.717, 1.165) is 6.42 Å². The van der Waals surface area contributed by atoms with Crippen molar-refractivity contribution in [1.29, 1.82) is 0 Å². The molecule has 0 bridgehead atoms.